The van der Waals surface area contributed by atoms with E-state index in [1.807, 2.05) is 12.1 Å². The Morgan fingerprint density at radius 1 is 0.333 bits per heavy atom. The van der Waals surface area contributed by atoms with Crippen LogP contribution >= 0.6 is 11.3 Å². The van der Waals surface area contributed by atoms with Crippen molar-refractivity contribution in [2.24, 2.45) is 0 Å². The lowest BCUT2D eigenvalue weighted by Crippen LogP contribution is -2.01. The predicted molar refractivity (Wildman–Crippen MR) is 225 cm³/mol. The van der Waals surface area contributed by atoms with E-state index in [1.54, 1.807) is 11.3 Å². The molecule has 5 heteroatoms. The molecule has 0 fully saturated rings. The zero-order valence-corrected chi connectivity index (χ0v) is 29.7. The van der Waals surface area contributed by atoms with Crippen LogP contribution in [0.5, 0.6) is 0 Å². The van der Waals surface area contributed by atoms with Crippen LogP contribution in [-0.4, -0.2) is 15.0 Å². The van der Waals surface area contributed by atoms with Gasteiger partial charge in [0.2, 0.25) is 0 Å². The van der Waals surface area contributed by atoms with E-state index in [2.05, 4.69) is 164 Å². The third-order valence-corrected chi connectivity index (χ3v) is 11.6. The van der Waals surface area contributed by atoms with Gasteiger partial charge in [0.15, 0.2) is 17.5 Å². The van der Waals surface area contributed by atoms with Crippen LogP contribution in [0.15, 0.2) is 180 Å². The van der Waals surface area contributed by atoms with E-state index in [1.165, 1.54) is 21.0 Å². The molecule has 8 aromatic carbocycles. The summed E-state index contributed by atoms with van der Waals surface area (Å²) in [5, 5.41) is 6.56. The van der Waals surface area contributed by atoms with Gasteiger partial charge in [0.05, 0.1) is 0 Å². The molecule has 54 heavy (non-hydrogen) atoms. The van der Waals surface area contributed by atoms with Gasteiger partial charge in [0, 0.05) is 58.6 Å². The Labute approximate surface area is 314 Å². The summed E-state index contributed by atoms with van der Waals surface area (Å²) in [6.45, 7) is 0. The summed E-state index contributed by atoms with van der Waals surface area (Å²) in [5.74, 6) is 1.89. The van der Waals surface area contributed by atoms with E-state index in [0.717, 1.165) is 70.8 Å². The number of fused-ring (bicyclic) bond motifs is 8. The van der Waals surface area contributed by atoms with Crippen LogP contribution in [0.4, 0.5) is 0 Å². The smallest absolute Gasteiger partial charge is 0.165 e. The van der Waals surface area contributed by atoms with E-state index in [4.69, 9.17) is 19.4 Å². The van der Waals surface area contributed by atoms with Crippen molar-refractivity contribution in [1.29, 1.82) is 0 Å². The molecule has 3 heterocycles. The molecule has 0 unspecified atom stereocenters. The number of nitrogens with zero attached hydrogens (tertiary/aromatic N) is 3. The molecule has 0 aliphatic carbocycles. The molecule has 0 aliphatic heterocycles. The Hall–Kier alpha value is -6.95. The zero-order valence-electron chi connectivity index (χ0n) is 28.9. The summed E-state index contributed by atoms with van der Waals surface area (Å²) < 4.78 is 9.20. The molecule has 11 rings (SSSR count). The van der Waals surface area contributed by atoms with Gasteiger partial charge in [0.25, 0.3) is 0 Å². The minimum absolute atomic E-state index is 0.618. The van der Waals surface area contributed by atoms with Gasteiger partial charge in [-0.05, 0) is 40.3 Å². The molecule has 0 radical (unpaired) electrons. The first kappa shape index (κ1) is 30.7. The Bertz CT molecular complexity index is 3200. The van der Waals surface area contributed by atoms with Crippen LogP contribution in [0.1, 0.15) is 0 Å². The van der Waals surface area contributed by atoms with Crippen LogP contribution in [0.3, 0.4) is 0 Å². The second-order valence-corrected chi connectivity index (χ2v) is 14.6. The Morgan fingerprint density at radius 3 is 1.65 bits per heavy atom. The third-order valence-electron chi connectivity index (χ3n) is 10.4. The molecule has 0 aliphatic rings. The van der Waals surface area contributed by atoms with Crippen LogP contribution in [0.25, 0.3) is 109 Å². The fraction of sp³-hybridized carbons (Fsp3) is 0. The van der Waals surface area contributed by atoms with Crippen molar-refractivity contribution in [3.8, 4) is 56.4 Å². The fourth-order valence-corrected chi connectivity index (χ4v) is 8.97. The number of aromatic nitrogens is 3. The molecular weight excluding hydrogens is 679 g/mol. The maximum atomic E-state index is 6.80. The average molecular weight is 708 g/mol. The molecule has 0 amide bonds. The van der Waals surface area contributed by atoms with Crippen molar-refractivity contribution in [2.75, 3.05) is 0 Å². The van der Waals surface area contributed by atoms with Gasteiger partial charge in [-0.3, -0.25) is 0 Å². The molecule has 0 saturated carbocycles. The van der Waals surface area contributed by atoms with Gasteiger partial charge in [-0.25, -0.2) is 15.0 Å². The third kappa shape index (κ3) is 4.94. The maximum absolute atomic E-state index is 6.80. The first-order valence-electron chi connectivity index (χ1n) is 18.0. The molecule has 0 N–H and O–H groups in total. The molecule has 4 nitrogen and oxygen atoms in total. The van der Waals surface area contributed by atoms with Crippen LogP contribution in [-0.2, 0) is 0 Å². The Morgan fingerprint density at radius 2 is 0.870 bits per heavy atom. The molecule has 0 atom stereocenters. The number of hydrogen-bond donors (Lipinski definition) is 0. The van der Waals surface area contributed by atoms with Gasteiger partial charge in [-0.1, -0.05) is 158 Å². The molecule has 0 spiro atoms. The van der Waals surface area contributed by atoms with E-state index in [-0.39, 0.29) is 0 Å². The Balaban J connectivity index is 1.17. The van der Waals surface area contributed by atoms with E-state index in [9.17, 15) is 0 Å². The lowest BCUT2D eigenvalue weighted by atomic mass is 9.98. The highest BCUT2D eigenvalue weighted by Gasteiger charge is 2.21. The van der Waals surface area contributed by atoms with Crippen LogP contribution < -0.4 is 0 Å². The molecule has 3 aromatic heterocycles. The van der Waals surface area contributed by atoms with Gasteiger partial charge in [0.1, 0.15) is 11.2 Å². The first-order valence-corrected chi connectivity index (χ1v) is 18.8. The topological polar surface area (TPSA) is 51.8 Å². The highest BCUT2D eigenvalue weighted by atomic mass is 32.1. The summed E-state index contributed by atoms with van der Waals surface area (Å²) in [7, 11) is 0. The van der Waals surface area contributed by atoms with Crippen molar-refractivity contribution in [3.63, 3.8) is 0 Å². The summed E-state index contributed by atoms with van der Waals surface area (Å²) >= 11 is 1.78. The number of thiophene rings is 1. The number of hydrogen-bond acceptors (Lipinski definition) is 5. The largest absolute Gasteiger partial charge is 0.455 e. The number of furan rings is 1. The lowest BCUT2D eigenvalue weighted by molar-refractivity contribution is 0.674. The van der Waals surface area contributed by atoms with Gasteiger partial charge >= 0.3 is 0 Å². The number of rotatable bonds is 5. The average Bonchev–Trinajstić information content (AvgIpc) is 3.83. The highest BCUT2D eigenvalue weighted by molar-refractivity contribution is 7.26. The van der Waals surface area contributed by atoms with Crippen LogP contribution in [0.2, 0.25) is 0 Å². The standard InChI is InChI=1S/C49H29N3OS/c1-3-13-30(14-4-1)31-25-27-33(28-26-31)47-50-48(40-23-12-22-39-36-18-9-10-24-43(36)54-46(39)40)52-49(51-47)42-29-41-38-21-11-20-34(32-15-5-2-6-16-32)44(38)53-45(41)37-19-8-7-17-35(37)42/h1-29H. The quantitative estimate of drug-likeness (QED) is 0.179. The minimum Gasteiger partial charge on any atom is -0.455 e. The van der Waals surface area contributed by atoms with Crippen molar-refractivity contribution in [2.45, 2.75) is 0 Å². The van der Waals surface area contributed by atoms with Gasteiger partial charge in [-0.15, -0.1) is 11.3 Å². The van der Waals surface area contributed by atoms with Crippen molar-refractivity contribution in [1.82, 2.24) is 15.0 Å². The van der Waals surface area contributed by atoms with Crippen LogP contribution in [0, 0.1) is 0 Å². The van der Waals surface area contributed by atoms with Crippen molar-refractivity contribution >= 4 is 64.2 Å². The van der Waals surface area contributed by atoms with E-state index in [0.29, 0.717) is 17.5 Å². The molecule has 0 bridgehead atoms. The zero-order chi connectivity index (χ0) is 35.6. The lowest BCUT2D eigenvalue weighted by Gasteiger charge is -2.12. The van der Waals surface area contributed by atoms with Crippen molar-refractivity contribution < 1.29 is 4.42 Å². The van der Waals surface area contributed by atoms with Gasteiger partial charge in [-0.2, -0.15) is 0 Å². The minimum atomic E-state index is 0.618. The van der Waals surface area contributed by atoms with Crippen molar-refractivity contribution in [3.05, 3.63) is 176 Å². The monoisotopic (exact) mass is 707 g/mol. The maximum Gasteiger partial charge on any atom is 0.165 e. The SMILES string of the molecule is c1ccc(-c2ccc(-c3nc(-c4cc5c6cccc(-c7ccccc7)c6oc5c5ccccc45)nc(-c4cccc5c4sc4ccccc45)n3)cc2)cc1. The second-order valence-electron chi connectivity index (χ2n) is 13.5. The fourth-order valence-electron chi connectivity index (χ4n) is 7.76. The summed E-state index contributed by atoms with van der Waals surface area (Å²) in [5.41, 5.74) is 9.06. The Kier molecular flexibility index (Phi) is 7.00. The number of benzene rings is 8. The molecule has 252 valence electrons. The number of para-hydroxylation sites is 1. The van der Waals surface area contributed by atoms with E-state index < -0.39 is 0 Å². The molecule has 0 saturated heterocycles. The predicted octanol–water partition coefficient (Wildman–Crippen LogP) is 13.6. The molecule has 11 aromatic rings. The molecular formula is C49H29N3OS. The second kappa shape index (κ2) is 12.3. The first-order chi connectivity index (χ1) is 26.8. The summed E-state index contributed by atoms with van der Waals surface area (Å²) in [6.07, 6.45) is 0. The van der Waals surface area contributed by atoms with Gasteiger partial charge < -0.3 is 4.42 Å². The summed E-state index contributed by atoms with van der Waals surface area (Å²) in [4.78, 5) is 15.8. The highest BCUT2D eigenvalue weighted by Crippen LogP contribution is 2.43. The summed E-state index contributed by atoms with van der Waals surface area (Å²) in [6, 6.07) is 61.4. The normalized spacial score (nSPS) is 11.7. The van der Waals surface area contributed by atoms with E-state index >= 15 is 0 Å².